The third-order valence-electron chi connectivity index (χ3n) is 6.78. The largest absolute Gasteiger partial charge is 0.462 e. The monoisotopic (exact) mass is 546 g/mol. The maximum Gasteiger partial charge on any atom is 0.249 e. The van der Waals surface area contributed by atoms with E-state index in [1.165, 1.54) is 11.8 Å². The lowest BCUT2D eigenvalue weighted by Crippen LogP contribution is -2.51. The fourth-order valence-electron chi connectivity index (χ4n) is 4.93. The maximum atomic E-state index is 12.2. The Morgan fingerprint density at radius 3 is 1.92 bits per heavy atom. The van der Waals surface area contributed by atoms with Crippen molar-refractivity contribution >= 4 is 17.5 Å². The SMILES string of the molecule is CC(=O)C1=C(C)O[C@]2(CS1)O[C@H](COCc1ccccc1)[C@H](OCc1ccccc1)[C@@H]2OCc1ccccc1. The highest BCUT2D eigenvalue weighted by Crippen LogP contribution is 2.46. The summed E-state index contributed by atoms with van der Waals surface area (Å²) in [6, 6.07) is 30.1. The molecule has 1 spiro atoms. The summed E-state index contributed by atoms with van der Waals surface area (Å²) in [4.78, 5) is 12.8. The van der Waals surface area contributed by atoms with Gasteiger partial charge in [-0.25, -0.2) is 0 Å². The van der Waals surface area contributed by atoms with Crippen LogP contribution in [-0.4, -0.2) is 42.2 Å². The summed E-state index contributed by atoms with van der Waals surface area (Å²) in [7, 11) is 0. The van der Waals surface area contributed by atoms with Crippen LogP contribution >= 0.6 is 11.8 Å². The molecule has 0 unspecified atom stereocenters. The van der Waals surface area contributed by atoms with Crippen LogP contribution in [0.4, 0.5) is 0 Å². The highest BCUT2D eigenvalue weighted by Gasteiger charge is 2.60. The Labute approximate surface area is 234 Å². The number of ketones is 1. The van der Waals surface area contributed by atoms with Crippen molar-refractivity contribution in [2.24, 2.45) is 0 Å². The Kier molecular flexibility index (Phi) is 9.17. The Morgan fingerprint density at radius 2 is 1.38 bits per heavy atom. The number of ether oxygens (including phenoxy) is 5. The Balaban J connectivity index is 1.41. The van der Waals surface area contributed by atoms with E-state index in [1.54, 1.807) is 13.8 Å². The van der Waals surface area contributed by atoms with E-state index in [0.717, 1.165) is 16.7 Å². The summed E-state index contributed by atoms with van der Waals surface area (Å²) in [5.74, 6) is -0.199. The van der Waals surface area contributed by atoms with Gasteiger partial charge in [-0.15, -0.1) is 11.8 Å². The van der Waals surface area contributed by atoms with E-state index < -0.39 is 24.1 Å². The summed E-state index contributed by atoms with van der Waals surface area (Å²) in [5.41, 5.74) is 3.18. The standard InChI is InChI=1S/C32H34O6S/c1-23(33)30-24(2)37-32(22-39-30)31(36-20-27-16-10-5-11-17-27)29(35-19-26-14-8-4-9-15-26)28(38-32)21-34-18-25-12-6-3-7-13-25/h3-17,28-29,31H,18-22H2,1-2H3/t28-,29+,31+,32-/m1/s1. The van der Waals surface area contributed by atoms with Crippen molar-refractivity contribution in [2.45, 2.75) is 57.8 Å². The van der Waals surface area contributed by atoms with Crippen molar-refractivity contribution in [3.63, 3.8) is 0 Å². The molecule has 3 aromatic rings. The van der Waals surface area contributed by atoms with Crippen molar-refractivity contribution in [1.82, 2.24) is 0 Å². The molecule has 2 aliphatic rings. The molecule has 0 saturated carbocycles. The summed E-state index contributed by atoms with van der Waals surface area (Å²) in [6.07, 6.45) is -1.45. The predicted octanol–water partition coefficient (Wildman–Crippen LogP) is 6.05. The van der Waals surface area contributed by atoms with E-state index in [9.17, 15) is 4.79 Å². The maximum absolute atomic E-state index is 12.2. The first-order valence-electron chi connectivity index (χ1n) is 13.2. The lowest BCUT2D eigenvalue weighted by Gasteiger charge is -2.38. The quantitative estimate of drug-likeness (QED) is 0.290. The lowest BCUT2D eigenvalue weighted by molar-refractivity contribution is -0.240. The number of benzene rings is 3. The fourth-order valence-corrected chi connectivity index (χ4v) is 6.02. The van der Waals surface area contributed by atoms with E-state index in [2.05, 4.69) is 0 Å². The average molecular weight is 547 g/mol. The molecule has 3 aromatic carbocycles. The summed E-state index contributed by atoms with van der Waals surface area (Å²) in [5, 5.41) is 0. The second kappa shape index (κ2) is 12.9. The third kappa shape index (κ3) is 6.80. The molecule has 7 heteroatoms. The van der Waals surface area contributed by atoms with Crippen molar-refractivity contribution in [3.05, 3.63) is 118 Å². The van der Waals surface area contributed by atoms with Crippen molar-refractivity contribution in [1.29, 1.82) is 0 Å². The molecule has 0 aliphatic carbocycles. The molecule has 6 nitrogen and oxygen atoms in total. The van der Waals surface area contributed by atoms with E-state index in [-0.39, 0.29) is 5.78 Å². The molecule has 39 heavy (non-hydrogen) atoms. The van der Waals surface area contributed by atoms with Gasteiger partial charge in [-0.2, -0.15) is 0 Å². The minimum Gasteiger partial charge on any atom is -0.462 e. The van der Waals surface area contributed by atoms with Gasteiger partial charge < -0.3 is 23.7 Å². The zero-order chi connectivity index (χ0) is 27.1. The van der Waals surface area contributed by atoms with Crippen LogP contribution in [-0.2, 0) is 48.3 Å². The molecular weight excluding hydrogens is 512 g/mol. The van der Waals surface area contributed by atoms with Crippen LogP contribution in [0.2, 0.25) is 0 Å². The number of rotatable bonds is 11. The van der Waals surface area contributed by atoms with Crippen LogP contribution in [0.15, 0.2) is 102 Å². The Hall–Kier alpha value is -2.94. The molecular formula is C32H34O6S. The van der Waals surface area contributed by atoms with E-state index in [1.807, 2.05) is 91.0 Å². The average Bonchev–Trinajstić information content (AvgIpc) is 3.23. The highest BCUT2D eigenvalue weighted by molar-refractivity contribution is 8.04. The molecule has 4 atom stereocenters. The van der Waals surface area contributed by atoms with Gasteiger partial charge in [0, 0.05) is 0 Å². The van der Waals surface area contributed by atoms with Gasteiger partial charge in [0.2, 0.25) is 5.79 Å². The molecule has 0 amide bonds. The zero-order valence-electron chi connectivity index (χ0n) is 22.3. The minimum atomic E-state index is -1.12. The van der Waals surface area contributed by atoms with E-state index in [4.69, 9.17) is 23.7 Å². The van der Waals surface area contributed by atoms with Gasteiger partial charge in [0.15, 0.2) is 11.9 Å². The Bertz CT molecular complexity index is 1250. The second-order valence-corrected chi connectivity index (χ2v) is 10.8. The number of Topliss-reactive ketones (excluding diaryl/α,β-unsaturated/α-hetero) is 1. The van der Waals surface area contributed by atoms with Crippen molar-refractivity contribution < 1.29 is 28.5 Å². The van der Waals surface area contributed by atoms with Gasteiger partial charge in [-0.1, -0.05) is 91.0 Å². The van der Waals surface area contributed by atoms with Crippen LogP contribution in [0, 0.1) is 0 Å². The summed E-state index contributed by atoms with van der Waals surface area (Å²) < 4.78 is 32.3. The molecule has 1 saturated heterocycles. The number of carbonyl (C=O) groups excluding carboxylic acids is 1. The first kappa shape index (κ1) is 27.6. The van der Waals surface area contributed by atoms with Gasteiger partial charge in [0.25, 0.3) is 0 Å². The van der Waals surface area contributed by atoms with Crippen molar-refractivity contribution in [2.75, 3.05) is 12.4 Å². The molecule has 0 N–H and O–H groups in total. The van der Waals surface area contributed by atoms with E-state index >= 15 is 0 Å². The first-order valence-corrected chi connectivity index (χ1v) is 14.2. The van der Waals surface area contributed by atoms with Crippen LogP contribution in [0.1, 0.15) is 30.5 Å². The lowest BCUT2D eigenvalue weighted by atomic mass is 10.0. The van der Waals surface area contributed by atoms with Gasteiger partial charge >= 0.3 is 0 Å². The summed E-state index contributed by atoms with van der Waals surface area (Å²) >= 11 is 1.44. The van der Waals surface area contributed by atoms with E-state index in [0.29, 0.717) is 42.8 Å². The number of thioether (sulfide) groups is 1. The minimum absolute atomic E-state index is 0.0216. The normalized spacial score (nSPS) is 24.6. The molecule has 0 radical (unpaired) electrons. The smallest absolute Gasteiger partial charge is 0.249 e. The van der Waals surface area contributed by atoms with Crippen LogP contribution < -0.4 is 0 Å². The van der Waals surface area contributed by atoms with Crippen LogP contribution in [0.5, 0.6) is 0 Å². The van der Waals surface area contributed by atoms with Gasteiger partial charge in [0.1, 0.15) is 18.0 Å². The van der Waals surface area contributed by atoms with Crippen LogP contribution in [0.25, 0.3) is 0 Å². The van der Waals surface area contributed by atoms with Gasteiger partial charge in [-0.05, 0) is 30.5 Å². The van der Waals surface area contributed by atoms with Crippen LogP contribution in [0.3, 0.4) is 0 Å². The molecule has 5 rings (SSSR count). The summed E-state index contributed by atoms with van der Waals surface area (Å²) in [6.45, 7) is 4.89. The third-order valence-corrected chi connectivity index (χ3v) is 8.19. The predicted molar refractivity (Wildman–Crippen MR) is 151 cm³/mol. The second-order valence-electron chi connectivity index (χ2n) is 9.78. The highest BCUT2D eigenvalue weighted by atomic mass is 32.2. The van der Waals surface area contributed by atoms with Gasteiger partial charge in [0.05, 0.1) is 37.1 Å². The number of carbonyl (C=O) groups is 1. The van der Waals surface area contributed by atoms with Crippen molar-refractivity contribution in [3.8, 4) is 0 Å². The Morgan fingerprint density at radius 1 is 0.846 bits per heavy atom. The zero-order valence-corrected chi connectivity index (χ0v) is 23.1. The first-order chi connectivity index (χ1) is 19.0. The topological polar surface area (TPSA) is 63.2 Å². The number of hydrogen-bond donors (Lipinski definition) is 0. The molecule has 0 aromatic heterocycles. The number of allylic oxidation sites excluding steroid dienone is 2. The molecule has 1 fully saturated rings. The van der Waals surface area contributed by atoms with Gasteiger partial charge in [-0.3, -0.25) is 4.79 Å². The molecule has 0 bridgehead atoms. The number of hydrogen-bond acceptors (Lipinski definition) is 7. The fraction of sp³-hybridized carbons (Fsp3) is 0.344. The molecule has 204 valence electrons. The molecule has 2 aliphatic heterocycles. The molecule has 2 heterocycles.